The average Bonchev–Trinajstić information content (AvgIpc) is 2.81. The van der Waals surface area contributed by atoms with E-state index in [9.17, 15) is 5.11 Å². The first kappa shape index (κ1) is 21.4. The number of ether oxygens (including phenoxy) is 1. The summed E-state index contributed by atoms with van der Waals surface area (Å²) >= 11 is 6.09. The molecule has 0 unspecified atom stereocenters. The van der Waals surface area contributed by atoms with E-state index in [0.717, 1.165) is 28.8 Å². The quantitative estimate of drug-likeness (QED) is 0.483. The van der Waals surface area contributed by atoms with E-state index in [0.29, 0.717) is 23.8 Å². The fourth-order valence-corrected chi connectivity index (χ4v) is 4.05. The van der Waals surface area contributed by atoms with Crippen LogP contribution in [0.1, 0.15) is 54.7 Å². The van der Waals surface area contributed by atoms with E-state index in [2.05, 4.69) is 36.5 Å². The molecule has 0 spiro atoms. The van der Waals surface area contributed by atoms with Crippen LogP contribution in [0, 0.1) is 0 Å². The van der Waals surface area contributed by atoms with E-state index in [1.165, 1.54) is 5.56 Å². The number of phenols is 1. The lowest BCUT2D eigenvalue weighted by atomic mass is 9.93. The van der Waals surface area contributed by atoms with E-state index >= 15 is 0 Å². The van der Waals surface area contributed by atoms with Gasteiger partial charge < -0.3 is 9.84 Å². The number of benzene rings is 3. The van der Waals surface area contributed by atoms with Crippen molar-refractivity contribution in [2.24, 2.45) is 4.99 Å². The topological polar surface area (TPSA) is 53.8 Å². The maximum atomic E-state index is 10.9. The molecule has 160 valence electrons. The Kier molecular flexibility index (Phi) is 6.59. The summed E-state index contributed by atoms with van der Waals surface area (Å²) in [6.45, 7) is 4.56. The lowest BCUT2D eigenvalue weighted by molar-refractivity contribution is 0.313. The molecule has 0 fully saturated rings. The Balaban J connectivity index is 1.73. The molecule has 1 aliphatic heterocycles. The van der Waals surface area contributed by atoms with Crippen molar-refractivity contribution in [1.29, 1.82) is 0 Å². The van der Waals surface area contributed by atoms with Crippen molar-refractivity contribution in [1.82, 2.24) is 5.32 Å². The molecule has 0 bridgehead atoms. The minimum absolute atomic E-state index is 0.112. The van der Waals surface area contributed by atoms with Crippen LogP contribution in [0.15, 0.2) is 71.7 Å². The maximum absolute atomic E-state index is 10.9. The van der Waals surface area contributed by atoms with Gasteiger partial charge in [0, 0.05) is 28.8 Å². The number of halogens is 1. The molecule has 3 aromatic rings. The SMILES string of the molecule is CCOc1cccc([C@H]2CC(c3ccc(CC)cc3)=N[C@@H](c3ccc(Cl)cc3)N2)c1O. The number of rotatable bonds is 6. The number of phenolic OH excluding ortho intramolecular Hbond substituents is 1. The van der Waals surface area contributed by atoms with Gasteiger partial charge in [-0.1, -0.05) is 67.1 Å². The summed E-state index contributed by atoms with van der Waals surface area (Å²) in [5, 5.41) is 15.2. The molecule has 2 atom stereocenters. The van der Waals surface area contributed by atoms with E-state index in [4.69, 9.17) is 21.3 Å². The van der Waals surface area contributed by atoms with Crippen LogP contribution >= 0.6 is 11.6 Å². The Morgan fingerprint density at radius 3 is 2.45 bits per heavy atom. The maximum Gasteiger partial charge on any atom is 0.162 e. The standard InChI is InChI=1S/C26H27ClN2O2/c1-3-17-8-10-18(11-9-17)22-16-23(21-6-5-7-24(25(21)30)31-4-2)29-26(28-22)19-12-14-20(27)15-13-19/h5-15,23,26,29-30H,3-4,16H2,1-2H3/t23-,26-/m1/s1. The highest BCUT2D eigenvalue weighted by atomic mass is 35.5. The van der Waals surface area contributed by atoms with Crippen LogP contribution in [0.4, 0.5) is 0 Å². The van der Waals surface area contributed by atoms with Crippen LogP contribution in [0.5, 0.6) is 11.5 Å². The summed E-state index contributed by atoms with van der Waals surface area (Å²) in [7, 11) is 0. The molecular weight excluding hydrogens is 408 g/mol. The Morgan fingerprint density at radius 1 is 1.03 bits per heavy atom. The van der Waals surface area contributed by atoms with Gasteiger partial charge in [0.25, 0.3) is 0 Å². The molecular formula is C26H27ClN2O2. The van der Waals surface area contributed by atoms with Crippen molar-refractivity contribution < 1.29 is 9.84 Å². The molecule has 4 rings (SSSR count). The summed E-state index contributed by atoms with van der Waals surface area (Å²) in [5.41, 5.74) is 5.24. The van der Waals surface area contributed by atoms with Gasteiger partial charge in [-0.05, 0) is 48.2 Å². The molecule has 4 nitrogen and oxygen atoms in total. The van der Waals surface area contributed by atoms with E-state index in [-0.39, 0.29) is 18.0 Å². The lowest BCUT2D eigenvalue weighted by Crippen LogP contribution is -2.33. The lowest BCUT2D eigenvalue weighted by Gasteiger charge is -2.31. The van der Waals surface area contributed by atoms with Crippen molar-refractivity contribution in [3.05, 3.63) is 94.0 Å². The molecule has 1 aliphatic rings. The second kappa shape index (κ2) is 9.54. The van der Waals surface area contributed by atoms with Gasteiger partial charge in [-0.25, -0.2) is 0 Å². The van der Waals surface area contributed by atoms with E-state index in [1.54, 1.807) is 6.07 Å². The number of aryl methyl sites for hydroxylation is 1. The molecule has 0 aliphatic carbocycles. The highest BCUT2D eigenvalue weighted by Crippen LogP contribution is 2.39. The predicted molar refractivity (Wildman–Crippen MR) is 126 cm³/mol. The number of aromatic hydroxyl groups is 1. The van der Waals surface area contributed by atoms with E-state index in [1.807, 2.05) is 43.3 Å². The minimum Gasteiger partial charge on any atom is -0.504 e. The third-order valence-corrected chi connectivity index (χ3v) is 5.88. The largest absolute Gasteiger partial charge is 0.504 e. The third-order valence-electron chi connectivity index (χ3n) is 5.63. The Hall–Kier alpha value is -2.82. The van der Waals surface area contributed by atoms with Gasteiger partial charge in [0.05, 0.1) is 6.61 Å². The molecule has 0 amide bonds. The molecule has 2 N–H and O–H groups in total. The average molecular weight is 435 g/mol. The van der Waals surface area contributed by atoms with Crippen LogP contribution in [0.3, 0.4) is 0 Å². The summed E-state index contributed by atoms with van der Waals surface area (Å²) in [6.07, 6.45) is 1.42. The van der Waals surface area contributed by atoms with Crippen molar-refractivity contribution in [2.45, 2.75) is 38.9 Å². The Morgan fingerprint density at radius 2 is 1.77 bits per heavy atom. The van der Waals surface area contributed by atoms with Gasteiger partial charge in [0.15, 0.2) is 11.5 Å². The van der Waals surface area contributed by atoms with Crippen LogP contribution in [-0.4, -0.2) is 17.4 Å². The number of nitrogens with zero attached hydrogens (tertiary/aromatic N) is 1. The van der Waals surface area contributed by atoms with Crippen LogP contribution in [0.2, 0.25) is 5.02 Å². The van der Waals surface area contributed by atoms with Crippen LogP contribution in [0.25, 0.3) is 0 Å². The summed E-state index contributed by atoms with van der Waals surface area (Å²) in [5.74, 6) is 0.681. The minimum atomic E-state index is -0.244. The number of aliphatic imine (C=N–C) groups is 1. The van der Waals surface area contributed by atoms with Crippen LogP contribution < -0.4 is 10.1 Å². The van der Waals surface area contributed by atoms with Gasteiger partial charge in [-0.2, -0.15) is 0 Å². The third kappa shape index (κ3) is 4.76. The van der Waals surface area contributed by atoms with Gasteiger partial charge >= 0.3 is 0 Å². The zero-order valence-electron chi connectivity index (χ0n) is 17.8. The van der Waals surface area contributed by atoms with Gasteiger partial charge in [0.1, 0.15) is 6.17 Å². The summed E-state index contributed by atoms with van der Waals surface area (Å²) in [6, 6.07) is 21.8. The fourth-order valence-electron chi connectivity index (χ4n) is 3.92. The highest BCUT2D eigenvalue weighted by molar-refractivity contribution is 6.30. The molecule has 1 heterocycles. The molecule has 31 heavy (non-hydrogen) atoms. The van der Waals surface area contributed by atoms with Crippen LogP contribution in [-0.2, 0) is 6.42 Å². The van der Waals surface area contributed by atoms with Crippen molar-refractivity contribution in [3.8, 4) is 11.5 Å². The number of hydrogen-bond donors (Lipinski definition) is 2. The molecule has 0 radical (unpaired) electrons. The van der Waals surface area contributed by atoms with Crippen molar-refractivity contribution in [2.75, 3.05) is 6.61 Å². The number of nitrogens with one attached hydrogen (secondary N) is 1. The number of hydrogen-bond acceptors (Lipinski definition) is 4. The zero-order valence-corrected chi connectivity index (χ0v) is 18.6. The molecule has 0 saturated heterocycles. The van der Waals surface area contributed by atoms with E-state index < -0.39 is 0 Å². The van der Waals surface area contributed by atoms with Gasteiger partial charge in [-0.3, -0.25) is 10.3 Å². The molecule has 5 heteroatoms. The van der Waals surface area contributed by atoms with Crippen molar-refractivity contribution in [3.63, 3.8) is 0 Å². The monoisotopic (exact) mass is 434 g/mol. The first-order valence-electron chi connectivity index (χ1n) is 10.7. The van der Waals surface area contributed by atoms with Gasteiger partial charge in [-0.15, -0.1) is 0 Å². The molecule has 3 aromatic carbocycles. The Bertz CT molecular complexity index is 1060. The first-order valence-corrected chi connectivity index (χ1v) is 11.1. The van der Waals surface area contributed by atoms with Gasteiger partial charge in [0.2, 0.25) is 0 Å². The second-order valence-electron chi connectivity index (χ2n) is 7.63. The second-order valence-corrected chi connectivity index (χ2v) is 8.07. The summed E-state index contributed by atoms with van der Waals surface area (Å²) in [4.78, 5) is 5.02. The predicted octanol–water partition coefficient (Wildman–Crippen LogP) is 6.23. The molecule has 0 aromatic heterocycles. The smallest absolute Gasteiger partial charge is 0.162 e. The normalized spacial score (nSPS) is 18.5. The fraction of sp³-hybridized carbons (Fsp3) is 0.269. The first-order chi connectivity index (χ1) is 15.1. The molecule has 0 saturated carbocycles. The number of para-hydroxylation sites is 1. The Labute approximate surface area is 188 Å². The highest BCUT2D eigenvalue weighted by Gasteiger charge is 2.28. The van der Waals surface area contributed by atoms with Crippen molar-refractivity contribution >= 4 is 17.3 Å². The zero-order chi connectivity index (χ0) is 21.8. The summed E-state index contributed by atoms with van der Waals surface area (Å²) < 4.78 is 5.61.